The number of hydrogen-bond acceptors (Lipinski definition) is 9. The van der Waals surface area contributed by atoms with Crippen molar-refractivity contribution in [3.8, 4) is 11.3 Å². The summed E-state index contributed by atoms with van der Waals surface area (Å²) in [6.45, 7) is 7.56. The summed E-state index contributed by atoms with van der Waals surface area (Å²) >= 11 is 0. The van der Waals surface area contributed by atoms with Crippen LogP contribution in [0.3, 0.4) is 0 Å². The van der Waals surface area contributed by atoms with Gasteiger partial charge in [-0.15, -0.1) is 0 Å². The fourth-order valence-electron chi connectivity index (χ4n) is 3.41. The predicted molar refractivity (Wildman–Crippen MR) is 148 cm³/mol. The molecule has 0 saturated carbocycles. The highest BCUT2D eigenvalue weighted by molar-refractivity contribution is 7.92. The van der Waals surface area contributed by atoms with E-state index in [-0.39, 0.29) is 23.8 Å². The number of sulfone groups is 1. The largest absolute Gasteiger partial charge is 0.419 e. The van der Waals surface area contributed by atoms with Crippen LogP contribution in [0.25, 0.3) is 11.3 Å². The lowest BCUT2D eigenvalue weighted by Crippen LogP contribution is -2.26. The third-order valence-corrected chi connectivity index (χ3v) is 7.93. The minimum absolute atomic E-state index is 0. The molecule has 10 heteroatoms. The second-order valence-corrected chi connectivity index (χ2v) is 11.7. The van der Waals surface area contributed by atoms with E-state index in [1.54, 1.807) is 63.4 Å². The SMILES string of the molecule is Cc1ncc(-c2ccc(S(=O)(=O)C(C)C)cc2)nc1C(=N)OC(=N)c1ccc(CNCCN(C)C)cc1.[HH]. The quantitative estimate of drug-likeness (QED) is 0.208. The molecule has 0 unspecified atom stereocenters. The first-order valence-electron chi connectivity index (χ1n) is 12.0. The molecule has 0 bridgehead atoms. The van der Waals surface area contributed by atoms with Crippen molar-refractivity contribution in [3.05, 3.63) is 77.2 Å². The molecule has 0 spiro atoms. The van der Waals surface area contributed by atoms with Crippen LogP contribution in [0, 0.1) is 17.7 Å². The van der Waals surface area contributed by atoms with Crippen LogP contribution < -0.4 is 5.32 Å². The van der Waals surface area contributed by atoms with Gasteiger partial charge in [-0.05, 0) is 64.7 Å². The molecular weight excluding hydrogens is 488 g/mol. The zero-order valence-corrected chi connectivity index (χ0v) is 22.7. The van der Waals surface area contributed by atoms with E-state index < -0.39 is 15.1 Å². The summed E-state index contributed by atoms with van der Waals surface area (Å²) in [6.07, 6.45) is 1.56. The molecule has 1 aromatic heterocycles. The van der Waals surface area contributed by atoms with E-state index in [0.29, 0.717) is 22.5 Å². The Balaban J connectivity index is 0.00000507. The van der Waals surface area contributed by atoms with Crippen molar-refractivity contribution in [3.63, 3.8) is 0 Å². The highest BCUT2D eigenvalue weighted by Crippen LogP contribution is 2.22. The summed E-state index contributed by atoms with van der Waals surface area (Å²) in [5.74, 6) is -0.447. The maximum absolute atomic E-state index is 12.4. The van der Waals surface area contributed by atoms with Crippen molar-refractivity contribution < 1.29 is 14.6 Å². The molecule has 0 fully saturated rings. The monoisotopic (exact) mass is 524 g/mol. The van der Waals surface area contributed by atoms with Crippen molar-refractivity contribution in [2.75, 3.05) is 27.2 Å². The number of likely N-dealkylation sites (N-methyl/N-ethyl adjacent to an activating group) is 1. The van der Waals surface area contributed by atoms with Gasteiger partial charge >= 0.3 is 0 Å². The summed E-state index contributed by atoms with van der Waals surface area (Å²) in [6, 6.07) is 13.9. The van der Waals surface area contributed by atoms with Crippen LogP contribution in [-0.4, -0.2) is 67.5 Å². The molecule has 0 atom stereocenters. The van der Waals surface area contributed by atoms with Gasteiger partial charge in [0.25, 0.3) is 0 Å². The Labute approximate surface area is 220 Å². The van der Waals surface area contributed by atoms with Crippen LogP contribution in [0.2, 0.25) is 0 Å². The predicted octanol–water partition coefficient (Wildman–Crippen LogP) is 3.90. The first-order valence-corrected chi connectivity index (χ1v) is 13.5. The van der Waals surface area contributed by atoms with Gasteiger partial charge in [0.2, 0.25) is 11.8 Å². The van der Waals surface area contributed by atoms with Crippen molar-refractivity contribution in [1.82, 2.24) is 20.2 Å². The van der Waals surface area contributed by atoms with Crippen molar-refractivity contribution in [2.24, 2.45) is 0 Å². The van der Waals surface area contributed by atoms with E-state index in [1.807, 2.05) is 26.2 Å². The molecule has 0 radical (unpaired) electrons. The van der Waals surface area contributed by atoms with Crippen LogP contribution in [-0.2, 0) is 21.1 Å². The molecule has 37 heavy (non-hydrogen) atoms. The van der Waals surface area contributed by atoms with Crippen LogP contribution >= 0.6 is 0 Å². The zero-order valence-electron chi connectivity index (χ0n) is 21.9. The molecule has 1 heterocycles. The summed E-state index contributed by atoms with van der Waals surface area (Å²) in [5, 5.41) is 19.6. The first-order chi connectivity index (χ1) is 17.5. The number of benzene rings is 2. The van der Waals surface area contributed by atoms with Crippen LogP contribution in [0.1, 0.15) is 37.8 Å². The molecule has 0 amide bonds. The topological polar surface area (TPSA) is 132 Å². The average molecular weight is 525 g/mol. The lowest BCUT2D eigenvalue weighted by Gasteiger charge is -2.12. The summed E-state index contributed by atoms with van der Waals surface area (Å²) < 4.78 is 30.3. The average Bonchev–Trinajstić information content (AvgIpc) is 2.87. The fourth-order valence-corrected chi connectivity index (χ4v) is 4.47. The van der Waals surface area contributed by atoms with Gasteiger partial charge in [0.1, 0.15) is 5.69 Å². The molecule has 0 aliphatic rings. The van der Waals surface area contributed by atoms with Gasteiger partial charge in [0, 0.05) is 32.2 Å². The molecular formula is C27H36N6O3S. The maximum atomic E-state index is 12.4. The van der Waals surface area contributed by atoms with Crippen LogP contribution in [0.15, 0.2) is 59.6 Å². The Kier molecular flexibility index (Phi) is 9.25. The molecule has 9 nitrogen and oxygen atoms in total. The van der Waals surface area contributed by atoms with Gasteiger partial charge in [-0.3, -0.25) is 15.8 Å². The number of aryl methyl sites for hydroxylation is 1. The van der Waals surface area contributed by atoms with Crippen molar-refractivity contribution in [1.29, 1.82) is 10.8 Å². The molecule has 3 aromatic rings. The molecule has 0 aliphatic carbocycles. The van der Waals surface area contributed by atoms with Crippen LogP contribution in [0.5, 0.6) is 0 Å². The fraction of sp³-hybridized carbons (Fsp3) is 0.333. The minimum atomic E-state index is -3.38. The van der Waals surface area contributed by atoms with Crippen molar-refractivity contribution >= 4 is 21.6 Å². The summed E-state index contributed by atoms with van der Waals surface area (Å²) in [4.78, 5) is 11.2. The Hall–Kier alpha value is -3.47. The molecule has 0 aliphatic heterocycles. The van der Waals surface area contributed by atoms with E-state index in [2.05, 4.69) is 20.2 Å². The van der Waals surface area contributed by atoms with Gasteiger partial charge in [-0.2, -0.15) is 0 Å². The Bertz CT molecular complexity index is 1360. The van der Waals surface area contributed by atoms with Crippen molar-refractivity contribution in [2.45, 2.75) is 37.5 Å². The summed E-state index contributed by atoms with van der Waals surface area (Å²) in [5.41, 5.74) is 3.47. The first kappa shape index (κ1) is 28.1. The molecule has 0 saturated heterocycles. The van der Waals surface area contributed by atoms with Gasteiger partial charge in [0.15, 0.2) is 9.84 Å². The second-order valence-electron chi connectivity index (χ2n) is 9.24. The summed E-state index contributed by atoms with van der Waals surface area (Å²) in [7, 11) is 0.686. The minimum Gasteiger partial charge on any atom is -0.419 e. The highest BCUT2D eigenvalue weighted by atomic mass is 32.2. The zero-order chi connectivity index (χ0) is 27.2. The Morgan fingerprint density at radius 2 is 1.70 bits per heavy atom. The Morgan fingerprint density at radius 1 is 1.05 bits per heavy atom. The molecule has 2 aromatic carbocycles. The van der Waals surface area contributed by atoms with Gasteiger partial charge < -0.3 is 15.0 Å². The third-order valence-electron chi connectivity index (χ3n) is 5.75. The van der Waals surface area contributed by atoms with Gasteiger partial charge in [-0.1, -0.05) is 24.3 Å². The number of rotatable bonds is 10. The van der Waals surface area contributed by atoms with E-state index in [0.717, 1.165) is 25.2 Å². The smallest absolute Gasteiger partial charge is 0.241 e. The van der Waals surface area contributed by atoms with E-state index >= 15 is 0 Å². The van der Waals surface area contributed by atoms with Gasteiger partial charge in [-0.25, -0.2) is 13.4 Å². The number of nitrogens with one attached hydrogen (secondary N) is 3. The number of hydrogen-bond donors (Lipinski definition) is 3. The third kappa shape index (κ3) is 7.28. The van der Waals surface area contributed by atoms with E-state index in [9.17, 15) is 8.42 Å². The number of aromatic nitrogens is 2. The van der Waals surface area contributed by atoms with Gasteiger partial charge in [0.05, 0.1) is 27.7 Å². The lowest BCUT2D eigenvalue weighted by atomic mass is 10.1. The standard InChI is InChI=1S/C27H34N6O3S.H2/c1-18(2)37(34,35)23-12-10-21(11-13-23)24-17-31-19(3)25(32-24)27(29)36-26(28)22-8-6-20(7-9-22)16-30-14-15-33(4)5;/h6-13,17-18,28-30H,14-16H2,1-5H3;1H. The normalized spacial score (nSPS) is 11.6. The van der Waals surface area contributed by atoms with E-state index in [4.69, 9.17) is 15.6 Å². The second kappa shape index (κ2) is 12.2. The molecule has 198 valence electrons. The van der Waals surface area contributed by atoms with E-state index in [1.165, 1.54) is 0 Å². The maximum Gasteiger partial charge on any atom is 0.241 e. The van der Waals surface area contributed by atoms with Crippen LogP contribution in [0.4, 0.5) is 0 Å². The molecule has 3 rings (SSSR count). The Morgan fingerprint density at radius 3 is 2.30 bits per heavy atom. The lowest BCUT2D eigenvalue weighted by molar-refractivity contribution is 0.400. The number of ether oxygens (including phenoxy) is 1. The molecule has 3 N–H and O–H groups in total. The highest BCUT2D eigenvalue weighted by Gasteiger charge is 2.20. The number of nitrogens with zero attached hydrogens (tertiary/aromatic N) is 3.